The molecule has 4 nitrogen and oxygen atoms in total. The van der Waals surface area contributed by atoms with Crippen LogP contribution in [0.4, 0.5) is 0 Å². The lowest BCUT2D eigenvalue weighted by Crippen LogP contribution is -1.86. The fourth-order valence-electron chi connectivity index (χ4n) is 2.15. The van der Waals surface area contributed by atoms with Crippen molar-refractivity contribution in [1.82, 2.24) is 5.16 Å². The highest BCUT2D eigenvalue weighted by Crippen LogP contribution is 2.32. The van der Waals surface area contributed by atoms with Crippen molar-refractivity contribution in [2.24, 2.45) is 0 Å². The second kappa shape index (κ2) is 5.71. The molecule has 2 aromatic carbocycles. The van der Waals surface area contributed by atoms with Gasteiger partial charge in [0.05, 0.1) is 14.2 Å². The zero-order chi connectivity index (χ0) is 14.7. The van der Waals surface area contributed by atoms with Crippen molar-refractivity contribution >= 4 is 0 Å². The molecule has 0 saturated heterocycles. The number of nitrogens with zero attached hydrogens (tertiary/aromatic N) is 1. The lowest BCUT2D eigenvalue weighted by atomic mass is 10.1. The van der Waals surface area contributed by atoms with Crippen molar-refractivity contribution in [1.29, 1.82) is 0 Å². The Kier molecular flexibility index (Phi) is 3.60. The summed E-state index contributed by atoms with van der Waals surface area (Å²) in [6.07, 6.45) is 0. The topological polar surface area (TPSA) is 44.5 Å². The Balaban J connectivity index is 1.95. The zero-order valence-corrected chi connectivity index (χ0v) is 11.9. The molecule has 0 aliphatic heterocycles. The fraction of sp³-hybridized carbons (Fsp3) is 0.118. The molecule has 1 aromatic heterocycles. The molecule has 106 valence electrons. The van der Waals surface area contributed by atoms with Gasteiger partial charge in [0.25, 0.3) is 0 Å². The van der Waals surface area contributed by atoms with E-state index < -0.39 is 0 Å². The predicted molar refractivity (Wildman–Crippen MR) is 80.5 cm³/mol. The highest BCUT2D eigenvalue weighted by molar-refractivity contribution is 5.71. The minimum absolute atomic E-state index is 0.707. The monoisotopic (exact) mass is 281 g/mol. The van der Waals surface area contributed by atoms with Gasteiger partial charge in [-0.1, -0.05) is 17.3 Å². The van der Waals surface area contributed by atoms with Gasteiger partial charge in [-0.15, -0.1) is 0 Å². The smallest absolute Gasteiger partial charge is 0.167 e. The molecule has 0 N–H and O–H groups in total. The van der Waals surface area contributed by atoms with E-state index in [1.165, 1.54) is 0 Å². The van der Waals surface area contributed by atoms with Crippen LogP contribution in [-0.4, -0.2) is 19.4 Å². The fourth-order valence-corrected chi connectivity index (χ4v) is 2.15. The van der Waals surface area contributed by atoms with Gasteiger partial charge in [-0.05, 0) is 36.4 Å². The molecular formula is C17H15NO3. The van der Waals surface area contributed by atoms with Crippen molar-refractivity contribution < 1.29 is 14.0 Å². The average molecular weight is 281 g/mol. The highest BCUT2D eigenvalue weighted by Gasteiger charge is 2.12. The van der Waals surface area contributed by atoms with Gasteiger partial charge >= 0.3 is 0 Å². The van der Waals surface area contributed by atoms with Crippen LogP contribution in [0.1, 0.15) is 0 Å². The van der Waals surface area contributed by atoms with Crippen LogP contribution in [0.25, 0.3) is 22.6 Å². The number of benzene rings is 2. The molecule has 0 saturated carbocycles. The summed E-state index contributed by atoms with van der Waals surface area (Å²) in [5.41, 5.74) is 2.60. The summed E-state index contributed by atoms with van der Waals surface area (Å²) in [6.45, 7) is 0. The van der Waals surface area contributed by atoms with E-state index in [1.807, 2.05) is 54.6 Å². The molecule has 0 amide bonds. The van der Waals surface area contributed by atoms with E-state index in [-0.39, 0.29) is 0 Å². The summed E-state index contributed by atoms with van der Waals surface area (Å²) >= 11 is 0. The van der Waals surface area contributed by atoms with Gasteiger partial charge in [0.1, 0.15) is 17.2 Å². The lowest BCUT2D eigenvalue weighted by molar-refractivity contribution is 0.413. The Bertz CT molecular complexity index is 732. The van der Waals surface area contributed by atoms with E-state index in [9.17, 15) is 0 Å². The first-order chi connectivity index (χ1) is 10.3. The molecule has 1 heterocycles. The second-order valence-corrected chi connectivity index (χ2v) is 4.51. The minimum Gasteiger partial charge on any atom is -0.497 e. The summed E-state index contributed by atoms with van der Waals surface area (Å²) in [5.74, 6) is 2.29. The zero-order valence-electron chi connectivity index (χ0n) is 11.9. The van der Waals surface area contributed by atoms with E-state index in [0.717, 1.165) is 28.3 Å². The van der Waals surface area contributed by atoms with E-state index >= 15 is 0 Å². The number of methoxy groups -OCH3 is 2. The van der Waals surface area contributed by atoms with Crippen molar-refractivity contribution in [3.05, 3.63) is 54.6 Å². The van der Waals surface area contributed by atoms with Gasteiger partial charge in [0.15, 0.2) is 5.76 Å². The minimum atomic E-state index is 0.707. The number of hydrogen-bond donors (Lipinski definition) is 0. The van der Waals surface area contributed by atoms with E-state index in [4.69, 9.17) is 14.0 Å². The third-order valence-electron chi connectivity index (χ3n) is 3.27. The highest BCUT2D eigenvalue weighted by atomic mass is 16.5. The van der Waals surface area contributed by atoms with Crippen molar-refractivity contribution in [3.63, 3.8) is 0 Å². The Labute approximate surface area is 122 Å². The number of rotatable bonds is 4. The lowest BCUT2D eigenvalue weighted by Gasteiger charge is -2.03. The summed E-state index contributed by atoms with van der Waals surface area (Å²) in [7, 11) is 3.28. The molecular weight excluding hydrogens is 266 g/mol. The Hall–Kier alpha value is -2.75. The number of aromatic nitrogens is 1. The molecule has 0 aliphatic carbocycles. The molecule has 21 heavy (non-hydrogen) atoms. The largest absolute Gasteiger partial charge is 0.497 e. The van der Waals surface area contributed by atoms with Crippen LogP contribution in [0.3, 0.4) is 0 Å². The van der Waals surface area contributed by atoms with E-state index in [2.05, 4.69) is 5.16 Å². The summed E-state index contributed by atoms with van der Waals surface area (Å²) in [6, 6.07) is 17.3. The number of ether oxygens (including phenoxy) is 2. The third kappa shape index (κ3) is 2.60. The van der Waals surface area contributed by atoms with Crippen LogP contribution in [0.5, 0.6) is 11.5 Å². The molecule has 0 radical (unpaired) electrons. The van der Waals surface area contributed by atoms with Gasteiger partial charge in [0, 0.05) is 17.2 Å². The predicted octanol–water partition coefficient (Wildman–Crippen LogP) is 4.03. The maximum Gasteiger partial charge on any atom is 0.167 e. The van der Waals surface area contributed by atoms with E-state index in [1.54, 1.807) is 14.2 Å². The number of hydrogen-bond acceptors (Lipinski definition) is 4. The molecule has 4 heteroatoms. The van der Waals surface area contributed by atoms with Crippen LogP contribution in [0, 0.1) is 0 Å². The van der Waals surface area contributed by atoms with Crippen LogP contribution >= 0.6 is 0 Å². The Morgan fingerprint density at radius 3 is 2.38 bits per heavy atom. The number of para-hydroxylation sites is 1. The standard InChI is InChI=1S/C17H15NO3/c1-19-13-9-7-12(8-10-13)17-11-15(18-21-17)14-5-3-4-6-16(14)20-2/h3-11H,1-2H3. The second-order valence-electron chi connectivity index (χ2n) is 4.51. The first kappa shape index (κ1) is 13.2. The molecule has 3 rings (SSSR count). The van der Waals surface area contributed by atoms with Gasteiger partial charge in [-0.2, -0.15) is 0 Å². The van der Waals surface area contributed by atoms with Gasteiger partial charge in [-0.25, -0.2) is 0 Å². The average Bonchev–Trinajstić information content (AvgIpc) is 3.04. The Morgan fingerprint density at radius 2 is 1.67 bits per heavy atom. The Morgan fingerprint density at radius 1 is 0.905 bits per heavy atom. The van der Waals surface area contributed by atoms with Crippen LogP contribution in [0.15, 0.2) is 59.1 Å². The van der Waals surface area contributed by atoms with Crippen molar-refractivity contribution in [2.75, 3.05) is 14.2 Å². The van der Waals surface area contributed by atoms with Gasteiger partial charge in [-0.3, -0.25) is 0 Å². The van der Waals surface area contributed by atoms with E-state index in [0.29, 0.717) is 5.76 Å². The van der Waals surface area contributed by atoms with Crippen LogP contribution in [-0.2, 0) is 0 Å². The molecule has 0 unspecified atom stereocenters. The quantitative estimate of drug-likeness (QED) is 0.724. The maximum absolute atomic E-state index is 5.43. The first-order valence-corrected chi connectivity index (χ1v) is 6.56. The third-order valence-corrected chi connectivity index (χ3v) is 3.27. The van der Waals surface area contributed by atoms with Crippen molar-refractivity contribution in [2.45, 2.75) is 0 Å². The molecule has 0 fully saturated rings. The summed E-state index contributed by atoms with van der Waals surface area (Å²) in [4.78, 5) is 0. The molecule has 3 aromatic rings. The van der Waals surface area contributed by atoms with Gasteiger partial charge in [0.2, 0.25) is 0 Å². The molecule has 0 aliphatic rings. The summed E-state index contributed by atoms with van der Waals surface area (Å²) in [5, 5.41) is 4.13. The molecule has 0 bridgehead atoms. The summed E-state index contributed by atoms with van der Waals surface area (Å²) < 4.78 is 15.9. The van der Waals surface area contributed by atoms with Crippen LogP contribution in [0.2, 0.25) is 0 Å². The normalized spacial score (nSPS) is 10.4. The maximum atomic E-state index is 5.43. The van der Waals surface area contributed by atoms with Crippen molar-refractivity contribution in [3.8, 4) is 34.1 Å². The SMILES string of the molecule is COc1ccc(-c2cc(-c3ccccc3OC)no2)cc1. The molecule has 0 spiro atoms. The van der Waals surface area contributed by atoms with Crippen LogP contribution < -0.4 is 9.47 Å². The molecule has 0 atom stereocenters. The first-order valence-electron chi connectivity index (χ1n) is 6.56. The van der Waals surface area contributed by atoms with Gasteiger partial charge < -0.3 is 14.0 Å².